The molecule has 0 unspecified atom stereocenters. The molecule has 0 bridgehead atoms. The van der Waals surface area contributed by atoms with E-state index >= 15 is 0 Å². The SMILES string of the molecule is CC(C)C/C=C\[C@@H](C)[C@H]1CC[C@@H]2[C@H]3CC[C@H]4[C@H](C)[C@@H](O)CC[C@]4(C)[C@H]3CC[C@@]21C. The normalized spacial score (nSPS) is 51.0. The second-order valence-electron chi connectivity index (χ2n) is 12.7. The first-order valence-electron chi connectivity index (χ1n) is 13.0. The fourth-order valence-electron chi connectivity index (χ4n) is 9.31. The smallest absolute Gasteiger partial charge is 0.0568 e. The quantitative estimate of drug-likeness (QED) is 0.485. The summed E-state index contributed by atoms with van der Waals surface area (Å²) in [4.78, 5) is 0. The van der Waals surface area contributed by atoms with Crippen molar-refractivity contribution in [1.29, 1.82) is 0 Å². The fourth-order valence-corrected chi connectivity index (χ4v) is 9.31. The van der Waals surface area contributed by atoms with Gasteiger partial charge in [0.05, 0.1) is 6.10 Å². The Labute approximate surface area is 181 Å². The Bertz CT molecular complexity index is 607. The van der Waals surface area contributed by atoms with Gasteiger partial charge < -0.3 is 5.11 Å². The summed E-state index contributed by atoms with van der Waals surface area (Å²) in [6, 6.07) is 0. The lowest BCUT2D eigenvalue weighted by Gasteiger charge is -2.62. The van der Waals surface area contributed by atoms with E-state index in [1.807, 2.05) is 0 Å². The molecule has 0 heterocycles. The van der Waals surface area contributed by atoms with Gasteiger partial charge in [0, 0.05) is 0 Å². The van der Waals surface area contributed by atoms with Crippen LogP contribution in [0.2, 0.25) is 0 Å². The van der Waals surface area contributed by atoms with Gasteiger partial charge in [-0.1, -0.05) is 53.7 Å². The van der Waals surface area contributed by atoms with Crippen LogP contribution in [0.5, 0.6) is 0 Å². The van der Waals surface area contributed by atoms with E-state index < -0.39 is 0 Å². The molecule has 4 fully saturated rings. The lowest BCUT2D eigenvalue weighted by Crippen LogP contribution is -2.56. The highest BCUT2D eigenvalue weighted by Gasteiger charge is 2.61. The molecular formula is C28H48O. The van der Waals surface area contributed by atoms with Gasteiger partial charge in [0.15, 0.2) is 0 Å². The van der Waals surface area contributed by atoms with Crippen molar-refractivity contribution in [1.82, 2.24) is 0 Å². The molecule has 10 atom stereocenters. The third-order valence-electron chi connectivity index (χ3n) is 10.9. The second kappa shape index (κ2) is 7.99. The molecule has 1 heteroatoms. The van der Waals surface area contributed by atoms with Gasteiger partial charge in [-0.3, -0.25) is 0 Å². The van der Waals surface area contributed by atoms with Gasteiger partial charge in [-0.2, -0.15) is 0 Å². The number of fused-ring (bicyclic) bond motifs is 5. The van der Waals surface area contributed by atoms with Crippen LogP contribution in [0.4, 0.5) is 0 Å². The summed E-state index contributed by atoms with van der Waals surface area (Å²) in [6.07, 6.45) is 17.2. The van der Waals surface area contributed by atoms with E-state index in [1.54, 1.807) is 0 Å². The van der Waals surface area contributed by atoms with E-state index in [4.69, 9.17) is 0 Å². The minimum Gasteiger partial charge on any atom is -0.393 e. The molecule has 0 aromatic heterocycles. The average Bonchev–Trinajstić information content (AvgIpc) is 3.02. The monoisotopic (exact) mass is 400 g/mol. The zero-order valence-corrected chi connectivity index (χ0v) is 20.2. The molecule has 0 aromatic carbocycles. The number of hydrogen-bond donors (Lipinski definition) is 1. The highest BCUT2D eigenvalue weighted by molar-refractivity contribution is 5.11. The minimum atomic E-state index is -0.0483. The first kappa shape index (κ1) is 21.9. The Kier molecular flexibility index (Phi) is 6.04. The van der Waals surface area contributed by atoms with Crippen LogP contribution in [-0.4, -0.2) is 11.2 Å². The second-order valence-corrected chi connectivity index (χ2v) is 12.7. The van der Waals surface area contributed by atoms with Crippen molar-refractivity contribution in [2.24, 2.45) is 58.2 Å². The summed E-state index contributed by atoms with van der Waals surface area (Å²) in [5.74, 6) is 6.47. The molecule has 0 radical (unpaired) electrons. The van der Waals surface area contributed by atoms with Crippen LogP contribution in [0.25, 0.3) is 0 Å². The molecule has 0 aromatic rings. The lowest BCUT2D eigenvalue weighted by atomic mass is 9.43. The number of aliphatic hydroxyl groups is 1. The van der Waals surface area contributed by atoms with Crippen LogP contribution >= 0.6 is 0 Å². The highest BCUT2D eigenvalue weighted by Crippen LogP contribution is 2.68. The molecule has 0 aliphatic heterocycles. The first-order valence-corrected chi connectivity index (χ1v) is 13.0. The molecule has 4 aliphatic carbocycles. The maximum Gasteiger partial charge on any atom is 0.0568 e. The maximum absolute atomic E-state index is 10.5. The Hall–Kier alpha value is -0.300. The van der Waals surface area contributed by atoms with Gasteiger partial charge in [0.25, 0.3) is 0 Å². The molecule has 1 nitrogen and oxygen atoms in total. The Morgan fingerprint density at radius 3 is 2.24 bits per heavy atom. The topological polar surface area (TPSA) is 20.2 Å². The molecule has 29 heavy (non-hydrogen) atoms. The van der Waals surface area contributed by atoms with Crippen LogP contribution in [0, 0.1) is 58.2 Å². The van der Waals surface area contributed by atoms with Crippen LogP contribution in [0.15, 0.2) is 12.2 Å². The molecule has 1 N–H and O–H groups in total. The van der Waals surface area contributed by atoms with E-state index in [-0.39, 0.29) is 6.10 Å². The van der Waals surface area contributed by atoms with Crippen LogP contribution in [-0.2, 0) is 0 Å². The molecule has 0 amide bonds. The van der Waals surface area contributed by atoms with Gasteiger partial charge in [0.1, 0.15) is 0 Å². The Morgan fingerprint density at radius 1 is 0.862 bits per heavy atom. The summed E-state index contributed by atoms with van der Waals surface area (Å²) in [6.45, 7) is 14.8. The number of allylic oxidation sites excluding steroid dienone is 2. The van der Waals surface area contributed by atoms with Gasteiger partial charge in [-0.25, -0.2) is 0 Å². The lowest BCUT2D eigenvalue weighted by molar-refractivity contribution is -0.148. The number of hydrogen-bond acceptors (Lipinski definition) is 1. The van der Waals surface area contributed by atoms with E-state index in [2.05, 4.69) is 53.7 Å². The van der Waals surface area contributed by atoms with Gasteiger partial charge in [-0.05, 0) is 116 Å². The summed E-state index contributed by atoms with van der Waals surface area (Å²) in [5.41, 5.74) is 1.05. The van der Waals surface area contributed by atoms with Crippen LogP contribution in [0.1, 0.15) is 99.3 Å². The van der Waals surface area contributed by atoms with Crippen molar-refractivity contribution in [2.75, 3.05) is 0 Å². The summed E-state index contributed by atoms with van der Waals surface area (Å²) in [5, 5.41) is 10.5. The van der Waals surface area contributed by atoms with Crippen molar-refractivity contribution in [3.8, 4) is 0 Å². The molecule has 0 spiro atoms. The molecule has 4 rings (SSSR count). The van der Waals surface area contributed by atoms with E-state index in [0.717, 1.165) is 47.8 Å². The first-order chi connectivity index (χ1) is 13.7. The third kappa shape index (κ3) is 3.56. The summed E-state index contributed by atoms with van der Waals surface area (Å²) < 4.78 is 0. The predicted molar refractivity (Wildman–Crippen MR) is 124 cm³/mol. The average molecular weight is 401 g/mol. The van der Waals surface area contributed by atoms with Crippen molar-refractivity contribution in [3.05, 3.63) is 12.2 Å². The van der Waals surface area contributed by atoms with E-state index in [0.29, 0.717) is 16.7 Å². The van der Waals surface area contributed by atoms with E-state index in [1.165, 1.54) is 51.4 Å². The molecule has 4 saturated carbocycles. The minimum absolute atomic E-state index is 0.0483. The maximum atomic E-state index is 10.5. The summed E-state index contributed by atoms with van der Waals surface area (Å²) in [7, 11) is 0. The summed E-state index contributed by atoms with van der Waals surface area (Å²) >= 11 is 0. The van der Waals surface area contributed by atoms with Gasteiger partial charge >= 0.3 is 0 Å². The van der Waals surface area contributed by atoms with Crippen molar-refractivity contribution in [2.45, 2.75) is 105 Å². The van der Waals surface area contributed by atoms with Crippen molar-refractivity contribution < 1.29 is 5.11 Å². The fraction of sp³-hybridized carbons (Fsp3) is 0.929. The van der Waals surface area contributed by atoms with Gasteiger partial charge in [0.2, 0.25) is 0 Å². The standard InChI is InChI=1S/C28H48O/c1-18(2)8-7-9-19(3)22-12-13-24-21-10-11-23-20(4)26(29)15-17-28(23,6)25(21)14-16-27(22,24)5/h7,9,18-26,29H,8,10-17H2,1-6H3/b9-7-/t19-,20+,21-,22-,23+,24-,25+,26+,27-,28+/m1/s1. The number of aliphatic hydroxyl groups excluding tert-OH is 1. The van der Waals surface area contributed by atoms with E-state index in [9.17, 15) is 5.11 Å². The number of rotatable bonds is 4. The molecule has 166 valence electrons. The van der Waals surface area contributed by atoms with Crippen molar-refractivity contribution in [3.63, 3.8) is 0 Å². The highest BCUT2D eigenvalue weighted by atomic mass is 16.3. The van der Waals surface area contributed by atoms with Gasteiger partial charge in [-0.15, -0.1) is 0 Å². The Balaban J connectivity index is 1.51. The van der Waals surface area contributed by atoms with Crippen molar-refractivity contribution >= 4 is 0 Å². The zero-order chi connectivity index (χ0) is 21.0. The van der Waals surface area contributed by atoms with Crippen LogP contribution in [0.3, 0.4) is 0 Å². The molecule has 0 saturated heterocycles. The molecule has 4 aliphatic rings. The predicted octanol–water partition coefficient (Wildman–Crippen LogP) is 7.49. The largest absolute Gasteiger partial charge is 0.393 e. The Morgan fingerprint density at radius 2 is 1.52 bits per heavy atom. The third-order valence-corrected chi connectivity index (χ3v) is 10.9. The van der Waals surface area contributed by atoms with Crippen LogP contribution < -0.4 is 0 Å². The zero-order valence-electron chi connectivity index (χ0n) is 20.2. The molecular weight excluding hydrogens is 352 g/mol.